The number of nitrogens with zero attached hydrogens (tertiary/aromatic N) is 1. The van der Waals surface area contributed by atoms with E-state index in [1.165, 1.54) is 11.8 Å². The van der Waals surface area contributed by atoms with Crippen LogP contribution < -0.4 is 5.32 Å². The summed E-state index contributed by atoms with van der Waals surface area (Å²) in [6.07, 6.45) is 4.93. The summed E-state index contributed by atoms with van der Waals surface area (Å²) in [4.78, 5) is 15.8. The molecule has 18 heavy (non-hydrogen) atoms. The third kappa shape index (κ3) is 3.63. The molecular formula is C13H14N2O2S. The first-order valence-corrected chi connectivity index (χ1v) is 6.65. The van der Waals surface area contributed by atoms with Gasteiger partial charge in [0, 0.05) is 6.20 Å². The molecule has 1 unspecified atom stereocenters. The fraction of sp³-hybridized carbons (Fsp3) is 0.231. The summed E-state index contributed by atoms with van der Waals surface area (Å²) in [5.41, 5.74) is 0.716. The maximum atomic E-state index is 11.9. The molecule has 0 saturated heterocycles. The van der Waals surface area contributed by atoms with Gasteiger partial charge in [-0.2, -0.15) is 0 Å². The number of anilines is 1. The minimum atomic E-state index is -0.143. The molecule has 5 heteroatoms. The average molecular weight is 262 g/mol. The molecule has 1 amide bonds. The van der Waals surface area contributed by atoms with Gasteiger partial charge in [0.05, 0.1) is 29.2 Å². The first kappa shape index (κ1) is 12.7. The molecule has 0 fully saturated rings. The Morgan fingerprint density at radius 3 is 3.06 bits per heavy atom. The van der Waals surface area contributed by atoms with Crippen molar-refractivity contribution in [1.29, 1.82) is 0 Å². The van der Waals surface area contributed by atoms with Crippen LogP contribution in [-0.4, -0.2) is 16.1 Å². The first-order chi connectivity index (χ1) is 8.75. The van der Waals surface area contributed by atoms with Crippen molar-refractivity contribution in [3.05, 3.63) is 48.7 Å². The van der Waals surface area contributed by atoms with Gasteiger partial charge < -0.3 is 9.73 Å². The van der Waals surface area contributed by atoms with Crippen LogP contribution in [0.4, 0.5) is 5.69 Å². The van der Waals surface area contributed by atoms with Gasteiger partial charge in [0.25, 0.3) is 0 Å². The van der Waals surface area contributed by atoms with Crippen molar-refractivity contribution < 1.29 is 9.21 Å². The van der Waals surface area contributed by atoms with E-state index in [1.54, 1.807) is 24.7 Å². The second-order valence-corrected chi connectivity index (χ2v) is 5.09. The molecule has 94 valence electrons. The molecule has 2 aromatic rings. The first-order valence-electron chi connectivity index (χ1n) is 5.60. The van der Waals surface area contributed by atoms with Gasteiger partial charge in [-0.15, -0.1) is 11.8 Å². The molecular weight excluding hydrogens is 248 g/mol. The number of hydrogen-bond acceptors (Lipinski definition) is 4. The Hall–Kier alpha value is -1.75. The average Bonchev–Trinajstić information content (AvgIpc) is 2.90. The number of aromatic nitrogens is 1. The van der Waals surface area contributed by atoms with E-state index in [0.29, 0.717) is 11.4 Å². The third-order valence-corrected chi connectivity index (χ3v) is 3.52. The van der Waals surface area contributed by atoms with E-state index < -0.39 is 0 Å². The Morgan fingerprint density at radius 1 is 1.50 bits per heavy atom. The van der Waals surface area contributed by atoms with Crippen LogP contribution in [0.2, 0.25) is 0 Å². The second kappa shape index (κ2) is 6.26. The van der Waals surface area contributed by atoms with Gasteiger partial charge in [-0.25, -0.2) is 0 Å². The number of carbonyl (C=O) groups is 1. The molecule has 2 rings (SSSR count). The lowest BCUT2D eigenvalue weighted by molar-refractivity contribution is -0.115. The van der Waals surface area contributed by atoms with Gasteiger partial charge >= 0.3 is 0 Å². The van der Waals surface area contributed by atoms with Crippen molar-refractivity contribution >= 4 is 23.4 Å². The molecule has 0 aliphatic carbocycles. The summed E-state index contributed by atoms with van der Waals surface area (Å²) < 4.78 is 5.22. The number of hydrogen-bond donors (Lipinski definition) is 1. The van der Waals surface area contributed by atoms with Crippen molar-refractivity contribution in [2.24, 2.45) is 0 Å². The molecule has 2 heterocycles. The SMILES string of the molecule is CC(SCc1ccco1)C(=O)Nc1cccnc1. The van der Waals surface area contributed by atoms with Crippen LogP contribution in [0.25, 0.3) is 0 Å². The largest absolute Gasteiger partial charge is 0.468 e. The van der Waals surface area contributed by atoms with Crippen molar-refractivity contribution in [2.75, 3.05) is 5.32 Å². The number of amides is 1. The van der Waals surface area contributed by atoms with Crippen molar-refractivity contribution in [3.63, 3.8) is 0 Å². The van der Waals surface area contributed by atoms with Gasteiger partial charge in [-0.3, -0.25) is 9.78 Å². The zero-order valence-corrected chi connectivity index (χ0v) is 10.8. The fourth-order valence-electron chi connectivity index (χ4n) is 1.36. The zero-order chi connectivity index (χ0) is 12.8. The highest BCUT2D eigenvalue weighted by Crippen LogP contribution is 2.19. The highest BCUT2D eigenvalue weighted by molar-refractivity contribution is 7.99. The minimum absolute atomic E-state index is 0.0282. The number of rotatable bonds is 5. The van der Waals surface area contributed by atoms with Gasteiger partial charge in [-0.05, 0) is 31.2 Å². The van der Waals surface area contributed by atoms with Gasteiger partial charge in [0.1, 0.15) is 5.76 Å². The van der Waals surface area contributed by atoms with Crippen LogP contribution in [0.15, 0.2) is 47.3 Å². The molecule has 0 aliphatic heterocycles. The zero-order valence-electron chi connectivity index (χ0n) is 10.00. The fourth-order valence-corrected chi connectivity index (χ4v) is 2.15. The predicted molar refractivity (Wildman–Crippen MR) is 72.3 cm³/mol. The maximum absolute atomic E-state index is 11.9. The Bertz CT molecular complexity index is 485. The molecule has 0 spiro atoms. The Kier molecular flexibility index (Phi) is 4.41. The van der Waals surface area contributed by atoms with E-state index in [-0.39, 0.29) is 11.2 Å². The molecule has 0 aliphatic rings. The molecule has 0 bridgehead atoms. The Morgan fingerprint density at radius 2 is 2.39 bits per heavy atom. The number of furan rings is 1. The van der Waals surface area contributed by atoms with Crippen LogP contribution in [0.3, 0.4) is 0 Å². The lowest BCUT2D eigenvalue weighted by Gasteiger charge is -2.10. The number of pyridine rings is 1. The molecule has 0 aromatic carbocycles. The molecule has 0 radical (unpaired) electrons. The van der Waals surface area contributed by atoms with E-state index in [1.807, 2.05) is 25.1 Å². The van der Waals surface area contributed by atoms with Crippen LogP contribution >= 0.6 is 11.8 Å². The number of carbonyl (C=O) groups excluding carboxylic acids is 1. The van der Waals surface area contributed by atoms with E-state index in [4.69, 9.17) is 4.42 Å². The highest BCUT2D eigenvalue weighted by Gasteiger charge is 2.14. The highest BCUT2D eigenvalue weighted by atomic mass is 32.2. The third-order valence-electron chi connectivity index (χ3n) is 2.35. The minimum Gasteiger partial charge on any atom is -0.468 e. The summed E-state index contributed by atoms with van der Waals surface area (Å²) in [6, 6.07) is 7.35. The molecule has 4 nitrogen and oxygen atoms in total. The normalized spacial score (nSPS) is 12.1. The molecule has 2 aromatic heterocycles. The maximum Gasteiger partial charge on any atom is 0.237 e. The summed E-state index contributed by atoms with van der Waals surface area (Å²) in [5, 5.41) is 2.68. The predicted octanol–water partition coefficient (Wildman–Crippen LogP) is 2.94. The molecule has 0 saturated carbocycles. The van der Waals surface area contributed by atoms with E-state index in [9.17, 15) is 4.79 Å². The van der Waals surface area contributed by atoms with E-state index in [0.717, 1.165) is 5.76 Å². The Balaban J connectivity index is 1.82. The van der Waals surface area contributed by atoms with Crippen LogP contribution in [0.1, 0.15) is 12.7 Å². The summed E-state index contributed by atoms with van der Waals surface area (Å²) in [5.74, 6) is 1.54. The van der Waals surface area contributed by atoms with E-state index >= 15 is 0 Å². The van der Waals surface area contributed by atoms with E-state index in [2.05, 4.69) is 10.3 Å². The van der Waals surface area contributed by atoms with Crippen LogP contribution in [0, 0.1) is 0 Å². The smallest absolute Gasteiger partial charge is 0.237 e. The van der Waals surface area contributed by atoms with Crippen molar-refractivity contribution in [3.8, 4) is 0 Å². The van der Waals surface area contributed by atoms with Gasteiger partial charge in [-0.1, -0.05) is 0 Å². The lowest BCUT2D eigenvalue weighted by Crippen LogP contribution is -2.22. The topological polar surface area (TPSA) is 55.1 Å². The van der Waals surface area contributed by atoms with Crippen LogP contribution in [0.5, 0.6) is 0 Å². The van der Waals surface area contributed by atoms with Gasteiger partial charge in [0.15, 0.2) is 0 Å². The van der Waals surface area contributed by atoms with Crippen LogP contribution in [-0.2, 0) is 10.5 Å². The molecule has 1 atom stereocenters. The van der Waals surface area contributed by atoms with Crippen molar-refractivity contribution in [2.45, 2.75) is 17.9 Å². The standard InChI is InChI=1S/C13H14N2O2S/c1-10(18-9-12-5-3-7-17-12)13(16)15-11-4-2-6-14-8-11/h2-8,10H,9H2,1H3,(H,15,16). The number of thioether (sulfide) groups is 1. The van der Waals surface area contributed by atoms with Gasteiger partial charge in [0.2, 0.25) is 5.91 Å². The molecule has 1 N–H and O–H groups in total. The summed E-state index contributed by atoms with van der Waals surface area (Å²) in [7, 11) is 0. The lowest BCUT2D eigenvalue weighted by atomic mass is 10.4. The summed E-state index contributed by atoms with van der Waals surface area (Å²) >= 11 is 1.54. The second-order valence-electron chi connectivity index (χ2n) is 3.76. The summed E-state index contributed by atoms with van der Waals surface area (Å²) in [6.45, 7) is 1.87. The number of nitrogens with one attached hydrogen (secondary N) is 1. The van der Waals surface area contributed by atoms with Crippen molar-refractivity contribution in [1.82, 2.24) is 4.98 Å². The monoisotopic (exact) mass is 262 g/mol. The quantitative estimate of drug-likeness (QED) is 0.900. The Labute approximate surface area is 110 Å².